The maximum atomic E-state index is 5.87. The second-order valence-corrected chi connectivity index (χ2v) is 4.77. The van der Waals surface area contributed by atoms with E-state index in [-0.39, 0.29) is 5.54 Å². The van der Waals surface area contributed by atoms with Crippen LogP contribution < -0.4 is 11.1 Å². The first-order chi connectivity index (χ1) is 6.85. The Morgan fingerprint density at radius 1 is 1.29 bits per heavy atom. The summed E-state index contributed by atoms with van der Waals surface area (Å²) in [7, 11) is 0. The predicted octanol–water partition coefficient (Wildman–Crippen LogP) is 1.03. The molecule has 1 unspecified atom stereocenters. The lowest BCUT2D eigenvalue weighted by atomic mass is 9.91. The molecular formula is C11H22N2O. The van der Waals surface area contributed by atoms with Crippen LogP contribution in [0.4, 0.5) is 0 Å². The Hall–Kier alpha value is -0.120. The van der Waals surface area contributed by atoms with E-state index in [0.717, 1.165) is 19.6 Å². The fourth-order valence-corrected chi connectivity index (χ4v) is 2.69. The zero-order valence-corrected chi connectivity index (χ0v) is 8.93. The average molecular weight is 198 g/mol. The van der Waals surface area contributed by atoms with E-state index in [4.69, 9.17) is 10.5 Å². The van der Waals surface area contributed by atoms with Crippen molar-refractivity contribution in [1.29, 1.82) is 0 Å². The average Bonchev–Trinajstić information content (AvgIpc) is 2.72. The smallest absolute Gasteiger partial charge is 0.0660 e. The van der Waals surface area contributed by atoms with Gasteiger partial charge in [0.2, 0.25) is 0 Å². The molecule has 1 saturated heterocycles. The van der Waals surface area contributed by atoms with Crippen molar-refractivity contribution in [3.63, 3.8) is 0 Å². The molecule has 1 aliphatic heterocycles. The lowest BCUT2D eigenvalue weighted by molar-refractivity contribution is 0.0189. The van der Waals surface area contributed by atoms with Crippen molar-refractivity contribution in [2.75, 3.05) is 19.8 Å². The molecule has 3 nitrogen and oxygen atoms in total. The molecule has 2 fully saturated rings. The summed E-state index contributed by atoms with van der Waals surface area (Å²) in [6, 6.07) is 0.695. The highest BCUT2D eigenvalue weighted by Gasteiger charge is 2.34. The van der Waals surface area contributed by atoms with Gasteiger partial charge in [0.05, 0.1) is 12.1 Å². The van der Waals surface area contributed by atoms with Crippen LogP contribution in [-0.4, -0.2) is 31.3 Å². The zero-order valence-electron chi connectivity index (χ0n) is 8.93. The Kier molecular flexibility index (Phi) is 3.42. The molecule has 82 valence electrons. The van der Waals surface area contributed by atoms with E-state index in [1.165, 1.54) is 32.1 Å². The fourth-order valence-electron chi connectivity index (χ4n) is 2.69. The van der Waals surface area contributed by atoms with E-state index in [9.17, 15) is 0 Å². The summed E-state index contributed by atoms with van der Waals surface area (Å²) in [4.78, 5) is 0. The van der Waals surface area contributed by atoms with E-state index >= 15 is 0 Å². The van der Waals surface area contributed by atoms with Crippen molar-refractivity contribution in [2.24, 2.45) is 5.73 Å². The number of nitrogens with two attached hydrogens (primary N) is 1. The van der Waals surface area contributed by atoms with Gasteiger partial charge in [-0.3, -0.25) is 0 Å². The first-order valence-electron chi connectivity index (χ1n) is 5.90. The SMILES string of the molecule is NCC1(NC2CCCC2)CCCOC1. The minimum Gasteiger partial charge on any atom is -0.379 e. The summed E-state index contributed by atoms with van der Waals surface area (Å²) in [6.07, 6.45) is 7.72. The molecule has 1 saturated carbocycles. The van der Waals surface area contributed by atoms with E-state index in [0.29, 0.717) is 12.6 Å². The molecule has 0 amide bonds. The predicted molar refractivity (Wildman–Crippen MR) is 57.2 cm³/mol. The van der Waals surface area contributed by atoms with Gasteiger partial charge in [-0.2, -0.15) is 0 Å². The molecule has 3 N–H and O–H groups in total. The molecular weight excluding hydrogens is 176 g/mol. The van der Waals surface area contributed by atoms with Gasteiger partial charge in [-0.25, -0.2) is 0 Å². The van der Waals surface area contributed by atoms with Crippen LogP contribution in [0.25, 0.3) is 0 Å². The third-order valence-corrected chi connectivity index (χ3v) is 3.58. The molecule has 1 atom stereocenters. The van der Waals surface area contributed by atoms with E-state index in [2.05, 4.69) is 5.32 Å². The van der Waals surface area contributed by atoms with E-state index in [1.54, 1.807) is 0 Å². The van der Waals surface area contributed by atoms with Crippen molar-refractivity contribution < 1.29 is 4.74 Å². The topological polar surface area (TPSA) is 47.3 Å². The Labute approximate surface area is 86.4 Å². The maximum Gasteiger partial charge on any atom is 0.0660 e. The third-order valence-electron chi connectivity index (χ3n) is 3.58. The molecule has 0 spiro atoms. The van der Waals surface area contributed by atoms with E-state index < -0.39 is 0 Å². The van der Waals surface area contributed by atoms with Gasteiger partial charge >= 0.3 is 0 Å². The quantitative estimate of drug-likeness (QED) is 0.712. The molecule has 0 radical (unpaired) electrons. The van der Waals surface area contributed by atoms with Gasteiger partial charge < -0.3 is 15.8 Å². The van der Waals surface area contributed by atoms with Gasteiger partial charge in [-0.05, 0) is 25.7 Å². The summed E-state index contributed by atoms with van der Waals surface area (Å²) in [5.41, 5.74) is 5.96. The van der Waals surface area contributed by atoms with E-state index in [1.807, 2.05) is 0 Å². The summed E-state index contributed by atoms with van der Waals surface area (Å²) < 4.78 is 5.54. The minimum atomic E-state index is 0.0905. The number of hydrogen-bond acceptors (Lipinski definition) is 3. The van der Waals surface area contributed by atoms with Crippen LogP contribution in [0.1, 0.15) is 38.5 Å². The highest BCUT2D eigenvalue weighted by molar-refractivity contribution is 4.94. The molecule has 2 aliphatic rings. The van der Waals surface area contributed by atoms with Crippen molar-refractivity contribution in [1.82, 2.24) is 5.32 Å². The molecule has 0 aromatic heterocycles. The molecule has 1 aliphatic carbocycles. The maximum absolute atomic E-state index is 5.87. The van der Waals surface area contributed by atoms with Crippen LogP contribution in [0.5, 0.6) is 0 Å². The standard InChI is InChI=1S/C11H22N2O/c12-8-11(6-3-7-14-9-11)13-10-4-1-2-5-10/h10,13H,1-9,12H2. The second kappa shape index (κ2) is 4.60. The van der Waals surface area contributed by atoms with Crippen LogP contribution in [0, 0.1) is 0 Å². The van der Waals surface area contributed by atoms with Crippen LogP contribution in [-0.2, 0) is 4.74 Å². The summed E-state index contributed by atoms with van der Waals surface area (Å²) in [6.45, 7) is 2.43. The number of nitrogens with one attached hydrogen (secondary N) is 1. The van der Waals surface area contributed by atoms with Gasteiger partial charge in [0.1, 0.15) is 0 Å². The number of ether oxygens (including phenoxy) is 1. The monoisotopic (exact) mass is 198 g/mol. The number of rotatable bonds is 3. The molecule has 1 heterocycles. The van der Waals surface area contributed by atoms with Crippen LogP contribution in [0.15, 0.2) is 0 Å². The van der Waals surface area contributed by atoms with Gasteiger partial charge in [0.25, 0.3) is 0 Å². The van der Waals surface area contributed by atoms with Crippen LogP contribution in [0.3, 0.4) is 0 Å². The second-order valence-electron chi connectivity index (χ2n) is 4.77. The summed E-state index contributed by atoms with van der Waals surface area (Å²) >= 11 is 0. The lowest BCUT2D eigenvalue weighted by Gasteiger charge is -2.39. The molecule has 0 bridgehead atoms. The first-order valence-corrected chi connectivity index (χ1v) is 5.90. The van der Waals surface area contributed by atoms with Gasteiger partial charge in [-0.1, -0.05) is 12.8 Å². The Morgan fingerprint density at radius 2 is 2.07 bits per heavy atom. The fraction of sp³-hybridized carbons (Fsp3) is 1.00. The minimum absolute atomic E-state index is 0.0905. The van der Waals surface area contributed by atoms with Crippen LogP contribution in [0.2, 0.25) is 0 Å². The first kappa shape index (κ1) is 10.4. The number of hydrogen-bond donors (Lipinski definition) is 2. The van der Waals surface area contributed by atoms with Gasteiger partial charge in [0, 0.05) is 19.2 Å². The normalized spacial score (nSPS) is 34.9. The largest absolute Gasteiger partial charge is 0.379 e. The lowest BCUT2D eigenvalue weighted by Crippen LogP contribution is -2.59. The van der Waals surface area contributed by atoms with Crippen molar-refractivity contribution in [3.05, 3.63) is 0 Å². The Morgan fingerprint density at radius 3 is 2.64 bits per heavy atom. The summed E-state index contributed by atoms with van der Waals surface area (Å²) in [5.74, 6) is 0. The summed E-state index contributed by atoms with van der Waals surface area (Å²) in [5, 5.41) is 3.73. The van der Waals surface area contributed by atoms with Gasteiger partial charge in [0.15, 0.2) is 0 Å². The Bertz CT molecular complexity index is 172. The molecule has 14 heavy (non-hydrogen) atoms. The highest BCUT2D eigenvalue weighted by Crippen LogP contribution is 2.24. The molecule has 0 aromatic carbocycles. The highest BCUT2D eigenvalue weighted by atomic mass is 16.5. The van der Waals surface area contributed by atoms with Crippen LogP contribution >= 0.6 is 0 Å². The molecule has 2 rings (SSSR count). The van der Waals surface area contributed by atoms with Crippen molar-refractivity contribution in [2.45, 2.75) is 50.1 Å². The Balaban J connectivity index is 1.89. The van der Waals surface area contributed by atoms with Crippen molar-refractivity contribution >= 4 is 0 Å². The van der Waals surface area contributed by atoms with Crippen molar-refractivity contribution in [3.8, 4) is 0 Å². The molecule has 3 heteroatoms. The van der Waals surface area contributed by atoms with Gasteiger partial charge in [-0.15, -0.1) is 0 Å². The zero-order chi connectivity index (χ0) is 9.86. The third kappa shape index (κ3) is 2.27. The molecule has 0 aromatic rings.